The van der Waals surface area contributed by atoms with E-state index in [2.05, 4.69) is 0 Å². The van der Waals surface area contributed by atoms with Gasteiger partial charge in [0.25, 0.3) is 0 Å². The van der Waals surface area contributed by atoms with Gasteiger partial charge in [-0.15, -0.1) is 11.3 Å². The predicted molar refractivity (Wildman–Crippen MR) is 80.0 cm³/mol. The Bertz CT molecular complexity index is 689. The molecule has 21 heavy (non-hydrogen) atoms. The SMILES string of the molecule is COCc1cc2sc(C(=O)C[C@H](C)C(=O)O)cc2cc1O. The van der Waals surface area contributed by atoms with Gasteiger partial charge in [-0.05, 0) is 23.6 Å². The average Bonchev–Trinajstić information content (AvgIpc) is 2.82. The Kier molecular flexibility index (Phi) is 4.59. The molecule has 2 rings (SSSR count). The summed E-state index contributed by atoms with van der Waals surface area (Å²) in [7, 11) is 1.54. The standard InChI is InChI=1S/C15H16O5S/c1-8(15(18)19)3-12(17)14-5-9-4-11(16)10(7-20-2)6-13(9)21-14/h4-6,8,16H,3,7H2,1-2H3,(H,18,19)/t8-/m0/s1. The molecule has 0 aliphatic heterocycles. The van der Waals surface area contributed by atoms with Gasteiger partial charge in [-0.25, -0.2) is 0 Å². The summed E-state index contributed by atoms with van der Waals surface area (Å²) < 4.78 is 5.87. The number of phenols is 1. The Morgan fingerprint density at radius 3 is 2.67 bits per heavy atom. The van der Waals surface area contributed by atoms with Crippen LogP contribution in [-0.4, -0.2) is 29.1 Å². The first-order chi connectivity index (χ1) is 9.92. The molecule has 2 N–H and O–H groups in total. The zero-order chi connectivity index (χ0) is 15.6. The Morgan fingerprint density at radius 2 is 2.05 bits per heavy atom. The van der Waals surface area contributed by atoms with E-state index in [0.29, 0.717) is 17.0 Å². The van der Waals surface area contributed by atoms with Crippen LogP contribution in [0.1, 0.15) is 28.6 Å². The number of methoxy groups -OCH3 is 1. The summed E-state index contributed by atoms with van der Waals surface area (Å²) in [6.07, 6.45) is -0.0287. The minimum atomic E-state index is -0.982. The van der Waals surface area contributed by atoms with Crippen molar-refractivity contribution in [2.24, 2.45) is 5.92 Å². The van der Waals surface area contributed by atoms with Crippen molar-refractivity contribution >= 4 is 33.2 Å². The maximum absolute atomic E-state index is 12.1. The summed E-state index contributed by atoms with van der Waals surface area (Å²) >= 11 is 1.30. The number of carbonyl (C=O) groups excluding carboxylic acids is 1. The molecular weight excluding hydrogens is 292 g/mol. The summed E-state index contributed by atoms with van der Waals surface area (Å²) in [6.45, 7) is 1.80. The highest BCUT2D eigenvalue weighted by atomic mass is 32.1. The maximum atomic E-state index is 12.1. The molecule has 0 saturated carbocycles. The van der Waals surface area contributed by atoms with Gasteiger partial charge in [0.15, 0.2) is 5.78 Å². The van der Waals surface area contributed by atoms with Crippen molar-refractivity contribution in [2.45, 2.75) is 20.0 Å². The van der Waals surface area contributed by atoms with Gasteiger partial charge in [0, 0.05) is 23.8 Å². The monoisotopic (exact) mass is 308 g/mol. The third kappa shape index (κ3) is 3.40. The molecule has 0 aliphatic carbocycles. The molecule has 112 valence electrons. The summed E-state index contributed by atoms with van der Waals surface area (Å²) in [5.74, 6) is -1.76. The second-order valence-corrected chi connectivity index (χ2v) is 6.01. The van der Waals surface area contributed by atoms with Crippen LogP contribution in [-0.2, 0) is 16.1 Å². The summed E-state index contributed by atoms with van der Waals surface area (Å²) in [5, 5.41) is 19.5. The van der Waals surface area contributed by atoms with Crippen LogP contribution in [0.15, 0.2) is 18.2 Å². The molecule has 0 bridgehead atoms. The Morgan fingerprint density at radius 1 is 1.33 bits per heavy atom. The lowest BCUT2D eigenvalue weighted by Gasteiger charge is -2.02. The number of carboxylic acid groups (broad SMARTS) is 1. The number of rotatable bonds is 6. The number of Topliss-reactive ketones (excluding diaryl/α,β-unsaturated/α-hetero) is 1. The van der Waals surface area contributed by atoms with E-state index in [1.165, 1.54) is 18.3 Å². The highest BCUT2D eigenvalue weighted by Crippen LogP contribution is 2.32. The zero-order valence-corrected chi connectivity index (χ0v) is 12.6. The number of ether oxygens (including phenoxy) is 1. The van der Waals surface area contributed by atoms with Gasteiger partial charge in [0.1, 0.15) is 5.75 Å². The van der Waals surface area contributed by atoms with Gasteiger partial charge in [0.05, 0.1) is 17.4 Å². The van der Waals surface area contributed by atoms with Crippen molar-refractivity contribution in [3.8, 4) is 5.75 Å². The van der Waals surface area contributed by atoms with E-state index in [1.807, 2.05) is 0 Å². The normalized spacial score (nSPS) is 12.5. The van der Waals surface area contributed by atoms with Crippen LogP contribution < -0.4 is 0 Å². The van der Waals surface area contributed by atoms with Crippen LogP contribution in [0.3, 0.4) is 0 Å². The van der Waals surface area contributed by atoms with E-state index in [1.54, 1.807) is 25.3 Å². The van der Waals surface area contributed by atoms with Crippen LogP contribution in [0.2, 0.25) is 0 Å². The lowest BCUT2D eigenvalue weighted by atomic mass is 10.0. The fourth-order valence-corrected chi connectivity index (χ4v) is 3.05. The largest absolute Gasteiger partial charge is 0.508 e. The number of aromatic hydroxyl groups is 1. The number of phenolic OH excluding ortho intramolecular Hbond substituents is 1. The number of hydrogen-bond donors (Lipinski definition) is 2. The average molecular weight is 308 g/mol. The highest BCUT2D eigenvalue weighted by Gasteiger charge is 2.19. The van der Waals surface area contributed by atoms with Gasteiger partial charge in [-0.1, -0.05) is 6.92 Å². The maximum Gasteiger partial charge on any atom is 0.306 e. The van der Waals surface area contributed by atoms with E-state index >= 15 is 0 Å². The third-order valence-corrected chi connectivity index (χ3v) is 4.34. The first-order valence-corrected chi connectivity index (χ1v) is 7.24. The van der Waals surface area contributed by atoms with E-state index in [4.69, 9.17) is 9.84 Å². The molecule has 6 heteroatoms. The first kappa shape index (κ1) is 15.5. The van der Waals surface area contributed by atoms with Crippen molar-refractivity contribution in [3.63, 3.8) is 0 Å². The molecular formula is C15H16O5S. The molecule has 0 spiro atoms. The molecule has 1 heterocycles. The Labute approximate surface area is 125 Å². The molecule has 0 fully saturated rings. The molecule has 0 saturated heterocycles. The van der Waals surface area contributed by atoms with E-state index in [-0.39, 0.29) is 18.0 Å². The molecule has 0 aliphatic rings. The van der Waals surface area contributed by atoms with Crippen LogP contribution in [0.4, 0.5) is 0 Å². The number of thiophene rings is 1. The summed E-state index contributed by atoms with van der Waals surface area (Å²) in [6, 6.07) is 5.07. The third-order valence-electron chi connectivity index (χ3n) is 3.21. The van der Waals surface area contributed by atoms with Gasteiger partial charge >= 0.3 is 5.97 Å². The smallest absolute Gasteiger partial charge is 0.306 e. The van der Waals surface area contributed by atoms with E-state index < -0.39 is 11.9 Å². The fourth-order valence-electron chi connectivity index (χ4n) is 1.99. The first-order valence-electron chi connectivity index (χ1n) is 6.42. The number of fused-ring (bicyclic) bond motifs is 1. The lowest BCUT2D eigenvalue weighted by Crippen LogP contribution is -2.13. The van der Waals surface area contributed by atoms with Crippen molar-refractivity contribution in [3.05, 3.63) is 28.6 Å². The molecule has 1 aromatic heterocycles. The van der Waals surface area contributed by atoms with Gasteiger partial charge in [0.2, 0.25) is 0 Å². The molecule has 1 aromatic carbocycles. The van der Waals surface area contributed by atoms with Gasteiger partial charge < -0.3 is 14.9 Å². The quantitative estimate of drug-likeness (QED) is 0.801. The number of aliphatic carboxylic acids is 1. The number of carbonyl (C=O) groups is 2. The minimum Gasteiger partial charge on any atom is -0.508 e. The molecule has 1 atom stereocenters. The summed E-state index contributed by atoms with van der Waals surface area (Å²) in [4.78, 5) is 23.4. The van der Waals surface area contributed by atoms with E-state index in [0.717, 1.165) is 10.1 Å². The van der Waals surface area contributed by atoms with Crippen molar-refractivity contribution in [2.75, 3.05) is 7.11 Å². The van der Waals surface area contributed by atoms with Crippen molar-refractivity contribution in [1.29, 1.82) is 0 Å². The zero-order valence-electron chi connectivity index (χ0n) is 11.8. The number of benzene rings is 1. The predicted octanol–water partition coefficient (Wildman–Crippen LogP) is 3.05. The lowest BCUT2D eigenvalue weighted by molar-refractivity contribution is -0.141. The van der Waals surface area contributed by atoms with Gasteiger partial charge in [-0.3, -0.25) is 9.59 Å². The molecule has 5 nitrogen and oxygen atoms in total. The molecule has 0 unspecified atom stereocenters. The second kappa shape index (κ2) is 6.24. The fraction of sp³-hybridized carbons (Fsp3) is 0.333. The second-order valence-electron chi connectivity index (χ2n) is 4.93. The number of ketones is 1. The van der Waals surface area contributed by atoms with Crippen LogP contribution in [0, 0.1) is 5.92 Å². The van der Waals surface area contributed by atoms with Crippen molar-refractivity contribution < 1.29 is 24.5 Å². The van der Waals surface area contributed by atoms with Crippen molar-refractivity contribution in [1.82, 2.24) is 0 Å². The Balaban J connectivity index is 2.30. The van der Waals surface area contributed by atoms with Crippen LogP contribution in [0.5, 0.6) is 5.75 Å². The highest BCUT2D eigenvalue weighted by molar-refractivity contribution is 7.20. The van der Waals surface area contributed by atoms with E-state index in [9.17, 15) is 14.7 Å². The number of carboxylic acids is 1. The van der Waals surface area contributed by atoms with Crippen LogP contribution >= 0.6 is 11.3 Å². The molecule has 0 amide bonds. The Hall–Kier alpha value is -1.92. The minimum absolute atomic E-state index is 0.0287. The summed E-state index contributed by atoms with van der Waals surface area (Å²) in [5.41, 5.74) is 0.657. The van der Waals surface area contributed by atoms with Crippen LogP contribution in [0.25, 0.3) is 10.1 Å². The number of hydrogen-bond acceptors (Lipinski definition) is 5. The topological polar surface area (TPSA) is 83.8 Å². The molecule has 0 radical (unpaired) electrons. The molecule has 2 aromatic rings. The van der Waals surface area contributed by atoms with Gasteiger partial charge in [-0.2, -0.15) is 0 Å².